The fourth-order valence-corrected chi connectivity index (χ4v) is 9.47. The summed E-state index contributed by atoms with van der Waals surface area (Å²) >= 11 is 0. The predicted molar refractivity (Wildman–Crippen MR) is 183 cm³/mol. The van der Waals surface area contributed by atoms with Gasteiger partial charge >= 0.3 is 7.12 Å². The number of carbonyl (C=O) groups excluding carboxylic acids is 1. The van der Waals surface area contributed by atoms with E-state index in [1.165, 1.54) is 0 Å². The zero-order valence-electron chi connectivity index (χ0n) is 28.9. The zero-order valence-corrected chi connectivity index (χ0v) is 29.7. The molecule has 0 unspecified atom stereocenters. The molecule has 6 atom stereocenters. The number of hydrogen-bond donors (Lipinski definition) is 3. The Kier molecular flexibility index (Phi) is 12.0. The first kappa shape index (κ1) is 37.1. The fraction of sp³-hybridized carbons (Fsp3) is 0.758. The van der Waals surface area contributed by atoms with E-state index in [-0.39, 0.29) is 47.0 Å². The summed E-state index contributed by atoms with van der Waals surface area (Å²) in [4.78, 5) is 28.8. The lowest BCUT2D eigenvalue weighted by atomic mass is 9.43. The molecular formula is C33H54BN5O7S. The smallest absolute Gasteiger partial charge is 0.404 e. The molecule has 3 saturated carbocycles. The third kappa shape index (κ3) is 8.86. The molecule has 4 N–H and O–H groups in total. The van der Waals surface area contributed by atoms with Crippen LogP contribution in [0.5, 0.6) is 0 Å². The van der Waals surface area contributed by atoms with Gasteiger partial charge in [0, 0.05) is 6.54 Å². The van der Waals surface area contributed by atoms with Crippen molar-refractivity contribution in [2.75, 3.05) is 12.3 Å². The van der Waals surface area contributed by atoms with Gasteiger partial charge in [0.25, 0.3) is 5.96 Å². The molecule has 47 heavy (non-hydrogen) atoms. The molecule has 1 aromatic rings. The predicted octanol–water partition coefficient (Wildman–Crippen LogP) is 4.48. The molecule has 1 saturated heterocycles. The third-order valence-corrected chi connectivity index (χ3v) is 12.5. The fourth-order valence-electron chi connectivity index (χ4n) is 7.88. The molecule has 1 heterocycles. The number of unbranched alkanes of at least 4 members (excludes halogenated alkanes) is 2. The summed E-state index contributed by atoms with van der Waals surface area (Å²) in [6.45, 7) is 13.1. The van der Waals surface area contributed by atoms with Crippen molar-refractivity contribution in [3.05, 3.63) is 39.9 Å². The molecule has 0 spiro atoms. The Labute approximate surface area is 280 Å². The van der Waals surface area contributed by atoms with Crippen LogP contribution in [0.15, 0.2) is 34.2 Å². The quantitative estimate of drug-likeness (QED) is 0.0537. The summed E-state index contributed by atoms with van der Waals surface area (Å²) < 4.78 is 40.5. The average molecular weight is 676 g/mol. The van der Waals surface area contributed by atoms with Crippen LogP contribution in [0.25, 0.3) is 0 Å². The minimum Gasteiger partial charge on any atom is -0.404 e. The lowest BCUT2D eigenvalue weighted by Gasteiger charge is -2.64. The monoisotopic (exact) mass is 675 g/mol. The number of hydrogen-bond acceptors (Lipinski definition) is 8. The normalized spacial score (nSPS) is 26.3. The molecule has 2 bridgehead atoms. The van der Waals surface area contributed by atoms with Gasteiger partial charge in [-0.05, 0) is 92.7 Å². The molecule has 1 aliphatic heterocycles. The van der Waals surface area contributed by atoms with E-state index in [0.717, 1.165) is 44.1 Å². The van der Waals surface area contributed by atoms with Gasteiger partial charge in [0.1, 0.15) is 0 Å². The van der Waals surface area contributed by atoms with Crippen LogP contribution in [0, 0.1) is 39.2 Å². The Morgan fingerprint density at radius 1 is 1.17 bits per heavy atom. The molecular weight excluding hydrogens is 621 g/mol. The van der Waals surface area contributed by atoms with Gasteiger partial charge in [-0.2, -0.15) is 0 Å². The first-order valence-corrected chi connectivity index (χ1v) is 18.9. The summed E-state index contributed by atoms with van der Waals surface area (Å²) in [5, 5.41) is 13.0. The molecule has 4 fully saturated rings. The van der Waals surface area contributed by atoms with E-state index in [1.807, 2.05) is 12.1 Å². The van der Waals surface area contributed by atoms with Crippen LogP contribution in [-0.2, 0) is 30.4 Å². The molecule has 14 heteroatoms. The number of nitrogens with one attached hydrogen (secondary N) is 2. The van der Waals surface area contributed by atoms with Crippen molar-refractivity contribution in [1.29, 1.82) is 0 Å². The molecule has 0 aromatic heterocycles. The largest absolute Gasteiger partial charge is 0.481 e. The maximum atomic E-state index is 14.0. The first-order chi connectivity index (χ1) is 22.1. The molecule has 3 aliphatic carbocycles. The highest BCUT2D eigenvalue weighted by atomic mass is 32.2. The summed E-state index contributed by atoms with van der Waals surface area (Å²) in [5.74, 6) is -1.33. The second kappa shape index (κ2) is 15.2. The van der Waals surface area contributed by atoms with E-state index in [4.69, 9.17) is 15.0 Å². The first-order valence-electron chi connectivity index (χ1n) is 17.2. The van der Waals surface area contributed by atoms with Crippen molar-refractivity contribution in [1.82, 2.24) is 10.7 Å². The summed E-state index contributed by atoms with van der Waals surface area (Å²) in [5.41, 5.74) is 8.15. The van der Waals surface area contributed by atoms with Gasteiger partial charge in [-0.1, -0.05) is 65.0 Å². The van der Waals surface area contributed by atoms with Gasteiger partial charge in [0.15, 0.2) is 14.9 Å². The minimum absolute atomic E-state index is 0.0481. The number of sulfone groups is 1. The molecule has 262 valence electrons. The molecule has 5 rings (SSSR count). The number of guanidine groups is 1. The van der Waals surface area contributed by atoms with Crippen LogP contribution in [0.4, 0.5) is 0 Å². The SMILES string of the molecule is CCCCCc1ccc(S(=O)(=O)C[C@@H](CCCN=C(N)N[N+](=O)[O-])C(=O)N[C@@H](CC(C)C)B2O[C@@H]3C[C@H]4C[C@H](C4(C)C)[C@]3(C)O2)cc1. The van der Waals surface area contributed by atoms with Crippen molar-refractivity contribution in [3.8, 4) is 0 Å². The molecule has 12 nitrogen and oxygen atoms in total. The Hall–Kier alpha value is -2.71. The van der Waals surface area contributed by atoms with E-state index < -0.39 is 45.4 Å². The Morgan fingerprint density at radius 3 is 2.49 bits per heavy atom. The van der Waals surface area contributed by atoms with Gasteiger partial charge in [-0.15, -0.1) is 0 Å². The highest BCUT2D eigenvalue weighted by Gasteiger charge is 2.68. The highest BCUT2D eigenvalue weighted by molar-refractivity contribution is 7.91. The maximum Gasteiger partial charge on any atom is 0.481 e. The van der Waals surface area contributed by atoms with Gasteiger partial charge in [-0.3, -0.25) is 4.79 Å². The number of nitrogens with two attached hydrogens (primary N) is 1. The Morgan fingerprint density at radius 2 is 1.87 bits per heavy atom. The topological polar surface area (TPSA) is 175 Å². The lowest BCUT2D eigenvalue weighted by molar-refractivity contribution is -0.525. The van der Waals surface area contributed by atoms with Crippen molar-refractivity contribution in [2.24, 2.45) is 39.8 Å². The maximum absolute atomic E-state index is 14.0. The van der Waals surface area contributed by atoms with Crippen LogP contribution < -0.4 is 16.5 Å². The zero-order chi connectivity index (χ0) is 34.6. The van der Waals surface area contributed by atoms with Gasteiger partial charge in [0.2, 0.25) is 5.91 Å². The summed E-state index contributed by atoms with van der Waals surface area (Å²) in [6, 6.07) is 6.93. The number of nitrogens with zero attached hydrogens (tertiary/aromatic N) is 2. The molecule has 0 radical (unpaired) electrons. The highest BCUT2D eigenvalue weighted by Crippen LogP contribution is 2.65. The van der Waals surface area contributed by atoms with Crippen LogP contribution in [0.1, 0.15) is 98.5 Å². The number of nitro groups is 1. The van der Waals surface area contributed by atoms with Crippen LogP contribution in [-0.4, -0.2) is 62.4 Å². The van der Waals surface area contributed by atoms with Crippen LogP contribution in [0.2, 0.25) is 0 Å². The molecule has 4 aliphatic rings. The second-order valence-corrected chi connectivity index (χ2v) is 17.0. The molecule has 1 aromatic carbocycles. The van der Waals surface area contributed by atoms with Crippen molar-refractivity contribution in [3.63, 3.8) is 0 Å². The number of hydrazine groups is 1. The summed E-state index contributed by atoms with van der Waals surface area (Å²) in [7, 11) is -4.46. The third-order valence-electron chi connectivity index (χ3n) is 10.7. The number of benzene rings is 1. The van der Waals surface area contributed by atoms with Gasteiger partial charge < -0.3 is 20.4 Å². The number of carbonyl (C=O) groups is 1. The van der Waals surface area contributed by atoms with Crippen LogP contribution in [0.3, 0.4) is 0 Å². The van der Waals surface area contributed by atoms with Crippen LogP contribution >= 0.6 is 0 Å². The number of rotatable bonds is 17. The van der Waals surface area contributed by atoms with Crippen molar-refractivity contribution >= 4 is 28.8 Å². The van der Waals surface area contributed by atoms with E-state index in [9.17, 15) is 23.3 Å². The Balaban J connectivity index is 1.50. The Bertz CT molecular complexity index is 1390. The van der Waals surface area contributed by atoms with Gasteiger partial charge in [0.05, 0.1) is 34.2 Å². The standard InChI is InChI=1S/C33H54BN5O7S/c1-7-8-9-11-23-13-15-26(16-14-23)47(43,44)21-24(12-10-17-36-31(35)38-39(41)42)30(40)37-29(18-22(2)3)34-45-28-20-25-19-27(32(25,4)5)33(28,6)46-34/h13-16,22,24-25,27-29H,7-12,17-21H2,1-6H3,(H,37,40)(H3,35,36,38)/t24-,25-,27-,28-,29+,33+/m1/s1. The van der Waals surface area contributed by atoms with E-state index >= 15 is 0 Å². The van der Waals surface area contributed by atoms with Crippen molar-refractivity contribution < 1.29 is 27.6 Å². The van der Waals surface area contributed by atoms with E-state index in [1.54, 1.807) is 17.6 Å². The van der Waals surface area contributed by atoms with E-state index in [0.29, 0.717) is 24.7 Å². The number of aryl methyl sites for hydroxylation is 1. The number of amides is 1. The van der Waals surface area contributed by atoms with E-state index in [2.05, 4.69) is 51.9 Å². The summed E-state index contributed by atoms with van der Waals surface area (Å²) in [6.07, 6.45) is 7.22. The average Bonchev–Trinajstić information content (AvgIpc) is 3.35. The molecule has 1 amide bonds. The van der Waals surface area contributed by atoms with Crippen molar-refractivity contribution in [2.45, 2.75) is 122 Å². The van der Waals surface area contributed by atoms with Gasteiger partial charge in [-0.25, -0.2) is 23.5 Å². The lowest BCUT2D eigenvalue weighted by Crippen LogP contribution is -2.65. The minimum atomic E-state index is -3.82. The second-order valence-electron chi connectivity index (χ2n) is 14.9. The number of aliphatic imine (C=N–C) groups is 1.